The van der Waals surface area contributed by atoms with Crippen molar-refractivity contribution >= 4 is 11.6 Å². The Morgan fingerprint density at radius 3 is 2.58 bits per heavy atom. The summed E-state index contributed by atoms with van der Waals surface area (Å²) in [5.74, 6) is 0.115. The van der Waals surface area contributed by atoms with E-state index in [1.54, 1.807) is 12.1 Å². The molecular formula is C15H22ClNO2. The van der Waals surface area contributed by atoms with E-state index in [4.69, 9.17) is 11.6 Å². The lowest BCUT2D eigenvalue weighted by Gasteiger charge is -2.35. The zero-order valence-corrected chi connectivity index (χ0v) is 11.9. The highest BCUT2D eigenvalue weighted by Crippen LogP contribution is 2.35. The molecule has 0 aliphatic heterocycles. The van der Waals surface area contributed by atoms with Gasteiger partial charge in [-0.3, -0.25) is 0 Å². The third-order valence-corrected chi connectivity index (χ3v) is 4.39. The minimum absolute atomic E-state index is 0.0545. The maximum atomic E-state index is 9.63. The summed E-state index contributed by atoms with van der Waals surface area (Å²) in [7, 11) is 0. The van der Waals surface area contributed by atoms with Crippen LogP contribution in [-0.2, 0) is 6.54 Å². The van der Waals surface area contributed by atoms with Crippen LogP contribution in [-0.4, -0.2) is 23.4 Å². The zero-order valence-electron chi connectivity index (χ0n) is 11.2. The molecule has 1 fully saturated rings. The van der Waals surface area contributed by atoms with Gasteiger partial charge in [0.05, 0.1) is 5.02 Å². The first-order chi connectivity index (χ1) is 9.15. The number of aliphatic hydroxyl groups is 1. The van der Waals surface area contributed by atoms with Gasteiger partial charge in [0, 0.05) is 25.1 Å². The first kappa shape index (κ1) is 14.6. The summed E-state index contributed by atoms with van der Waals surface area (Å²) in [6.45, 7) is 1.81. The fourth-order valence-electron chi connectivity index (χ4n) is 2.82. The second-order valence-corrected chi connectivity index (χ2v) is 6.02. The Kier molecular flexibility index (Phi) is 5.08. The van der Waals surface area contributed by atoms with Crippen molar-refractivity contribution in [1.82, 2.24) is 5.32 Å². The summed E-state index contributed by atoms with van der Waals surface area (Å²) >= 11 is 5.88. The number of nitrogens with one attached hydrogen (secondary N) is 1. The lowest BCUT2D eigenvalue weighted by atomic mass is 9.74. The van der Waals surface area contributed by atoms with Gasteiger partial charge in [-0.25, -0.2) is 0 Å². The van der Waals surface area contributed by atoms with Crippen molar-refractivity contribution in [3.63, 3.8) is 0 Å². The summed E-state index contributed by atoms with van der Waals surface area (Å²) in [5, 5.41) is 22.8. The SMILES string of the molecule is OCC1(CNCc2ccc(O)c(Cl)c2)CCCCC1. The van der Waals surface area contributed by atoms with Crippen molar-refractivity contribution in [2.75, 3.05) is 13.2 Å². The molecule has 1 saturated carbocycles. The van der Waals surface area contributed by atoms with Crippen LogP contribution >= 0.6 is 11.6 Å². The molecule has 19 heavy (non-hydrogen) atoms. The van der Waals surface area contributed by atoms with E-state index in [2.05, 4.69) is 5.32 Å². The Labute approximate surface area is 119 Å². The van der Waals surface area contributed by atoms with Crippen LogP contribution in [0.2, 0.25) is 5.02 Å². The number of hydrogen-bond acceptors (Lipinski definition) is 3. The summed E-state index contributed by atoms with van der Waals surface area (Å²) in [6, 6.07) is 5.25. The van der Waals surface area contributed by atoms with Crippen molar-refractivity contribution in [3.05, 3.63) is 28.8 Å². The predicted octanol–water partition coefficient (Wildman–Crippen LogP) is 3.08. The third kappa shape index (κ3) is 3.85. The zero-order chi connectivity index (χ0) is 13.7. The van der Waals surface area contributed by atoms with E-state index >= 15 is 0 Å². The summed E-state index contributed by atoms with van der Waals surface area (Å²) in [5.41, 5.74) is 1.10. The molecule has 0 radical (unpaired) electrons. The molecule has 4 heteroatoms. The quantitative estimate of drug-likeness (QED) is 0.778. The van der Waals surface area contributed by atoms with Crippen LogP contribution in [0.5, 0.6) is 5.75 Å². The molecule has 0 atom stereocenters. The molecule has 2 rings (SSSR count). The molecule has 0 spiro atoms. The lowest BCUT2D eigenvalue weighted by Crippen LogP contribution is -2.38. The third-order valence-electron chi connectivity index (χ3n) is 4.09. The monoisotopic (exact) mass is 283 g/mol. The van der Waals surface area contributed by atoms with Gasteiger partial charge in [-0.05, 0) is 30.5 Å². The maximum Gasteiger partial charge on any atom is 0.134 e. The second kappa shape index (κ2) is 6.60. The highest BCUT2D eigenvalue weighted by molar-refractivity contribution is 6.32. The van der Waals surface area contributed by atoms with Crippen molar-refractivity contribution in [3.8, 4) is 5.75 Å². The fraction of sp³-hybridized carbons (Fsp3) is 0.600. The van der Waals surface area contributed by atoms with Crippen LogP contribution in [0.1, 0.15) is 37.7 Å². The predicted molar refractivity (Wildman–Crippen MR) is 77.4 cm³/mol. The lowest BCUT2D eigenvalue weighted by molar-refractivity contribution is 0.0810. The normalized spacial score (nSPS) is 18.4. The summed E-state index contributed by atoms with van der Waals surface area (Å²) in [4.78, 5) is 0. The number of benzene rings is 1. The Balaban J connectivity index is 1.86. The van der Waals surface area contributed by atoms with Crippen molar-refractivity contribution in [2.45, 2.75) is 38.6 Å². The van der Waals surface area contributed by atoms with Crippen molar-refractivity contribution in [1.29, 1.82) is 0 Å². The van der Waals surface area contributed by atoms with Gasteiger partial charge in [-0.1, -0.05) is 36.9 Å². The first-order valence-corrected chi connectivity index (χ1v) is 7.32. The molecule has 1 aliphatic rings. The molecule has 1 aromatic carbocycles. The van der Waals surface area contributed by atoms with Gasteiger partial charge in [0.2, 0.25) is 0 Å². The average molecular weight is 284 g/mol. The van der Waals surface area contributed by atoms with E-state index in [1.807, 2.05) is 6.07 Å². The van der Waals surface area contributed by atoms with Gasteiger partial charge >= 0.3 is 0 Å². The van der Waals surface area contributed by atoms with Gasteiger partial charge in [0.15, 0.2) is 0 Å². The Morgan fingerprint density at radius 1 is 1.21 bits per heavy atom. The van der Waals surface area contributed by atoms with Crippen molar-refractivity contribution < 1.29 is 10.2 Å². The van der Waals surface area contributed by atoms with Gasteiger partial charge < -0.3 is 15.5 Å². The van der Waals surface area contributed by atoms with Crippen LogP contribution in [0.15, 0.2) is 18.2 Å². The Bertz CT molecular complexity index is 417. The highest BCUT2D eigenvalue weighted by atomic mass is 35.5. The highest BCUT2D eigenvalue weighted by Gasteiger charge is 2.30. The number of rotatable bonds is 5. The van der Waals surface area contributed by atoms with Gasteiger partial charge in [-0.2, -0.15) is 0 Å². The maximum absolute atomic E-state index is 9.63. The number of halogens is 1. The van der Waals surface area contributed by atoms with Crippen LogP contribution < -0.4 is 5.32 Å². The molecule has 3 N–H and O–H groups in total. The Morgan fingerprint density at radius 2 is 1.95 bits per heavy atom. The first-order valence-electron chi connectivity index (χ1n) is 6.94. The fourth-order valence-corrected chi connectivity index (χ4v) is 3.03. The number of hydrogen-bond donors (Lipinski definition) is 3. The van der Waals surface area contributed by atoms with E-state index in [0.717, 1.165) is 24.9 Å². The largest absolute Gasteiger partial charge is 0.506 e. The average Bonchev–Trinajstić information content (AvgIpc) is 2.44. The van der Waals surface area contributed by atoms with Gasteiger partial charge in [0.1, 0.15) is 5.75 Å². The minimum atomic E-state index is 0.0545. The molecule has 1 aliphatic carbocycles. The number of phenolic OH excluding ortho intramolecular Hbond substituents is 1. The molecule has 1 aromatic rings. The van der Waals surface area contributed by atoms with Crippen LogP contribution in [0.25, 0.3) is 0 Å². The van der Waals surface area contributed by atoms with Crippen LogP contribution in [0.3, 0.4) is 0 Å². The molecular weight excluding hydrogens is 262 g/mol. The van der Waals surface area contributed by atoms with E-state index in [1.165, 1.54) is 19.3 Å². The van der Waals surface area contributed by atoms with E-state index in [9.17, 15) is 10.2 Å². The molecule has 0 heterocycles. The molecule has 3 nitrogen and oxygen atoms in total. The number of phenols is 1. The molecule has 0 unspecified atom stereocenters. The molecule has 0 saturated heterocycles. The number of aliphatic hydroxyl groups excluding tert-OH is 1. The van der Waals surface area contributed by atoms with Crippen LogP contribution in [0.4, 0.5) is 0 Å². The molecule has 106 valence electrons. The second-order valence-electron chi connectivity index (χ2n) is 5.61. The van der Waals surface area contributed by atoms with Gasteiger partial charge in [-0.15, -0.1) is 0 Å². The Hall–Kier alpha value is -0.770. The van der Waals surface area contributed by atoms with E-state index in [0.29, 0.717) is 11.6 Å². The van der Waals surface area contributed by atoms with Crippen LogP contribution in [0, 0.1) is 5.41 Å². The minimum Gasteiger partial charge on any atom is -0.506 e. The molecule has 0 aromatic heterocycles. The standard InChI is InChI=1S/C15H22ClNO2/c16-13-8-12(4-5-14(13)19)9-17-10-15(11-18)6-2-1-3-7-15/h4-5,8,17-19H,1-3,6-7,9-11H2. The summed E-state index contributed by atoms with van der Waals surface area (Å²) < 4.78 is 0. The summed E-state index contributed by atoms with van der Waals surface area (Å²) in [6.07, 6.45) is 5.93. The molecule has 0 bridgehead atoms. The number of aromatic hydroxyl groups is 1. The van der Waals surface area contributed by atoms with E-state index in [-0.39, 0.29) is 17.8 Å². The smallest absolute Gasteiger partial charge is 0.134 e. The van der Waals surface area contributed by atoms with Crippen molar-refractivity contribution in [2.24, 2.45) is 5.41 Å². The molecule has 0 amide bonds. The topological polar surface area (TPSA) is 52.5 Å². The van der Waals surface area contributed by atoms with Gasteiger partial charge in [0.25, 0.3) is 0 Å². The van der Waals surface area contributed by atoms with E-state index < -0.39 is 0 Å².